The largest absolute Gasteiger partial charge is 0.337 e. The Morgan fingerprint density at radius 1 is 1.14 bits per heavy atom. The molecule has 0 aromatic carbocycles. The van der Waals surface area contributed by atoms with Crippen molar-refractivity contribution in [3.8, 4) is 0 Å². The summed E-state index contributed by atoms with van der Waals surface area (Å²) in [6, 6.07) is 0. The molecule has 0 aliphatic carbocycles. The molecule has 1 aromatic rings. The minimum atomic E-state index is 0.294. The Bertz CT molecular complexity index is 410. The Kier molecular flexibility index (Phi) is 5.44. The lowest BCUT2D eigenvalue weighted by molar-refractivity contribution is 0.00770. The third kappa shape index (κ3) is 3.67. The van der Waals surface area contributed by atoms with Gasteiger partial charge < -0.3 is 9.88 Å². The highest BCUT2D eigenvalue weighted by atomic mass is 15.3. The van der Waals surface area contributed by atoms with Gasteiger partial charge in [-0.1, -0.05) is 20.8 Å². The summed E-state index contributed by atoms with van der Waals surface area (Å²) in [4.78, 5) is 6.85. The molecule has 1 N–H and O–H groups in total. The van der Waals surface area contributed by atoms with Crippen LogP contribution >= 0.6 is 0 Å². The molecular weight excluding hydrogens is 260 g/mol. The van der Waals surface area contributed by atoms with Crippen LogP contribution in [0.3, 0.4) is 0 Å². The van der Waals surface area contributed by atoms with Crippen molar-refractivity contribution in [2.24, 2.45) is 0 Å². The molecular formula is C17H32N4. The summed E-state index contributed by atoms with van der Waals surface area (Å²) in [5.41, 5.74) is 0.604. The first-order valence-electron chi connectivity index (χ1n) is 8.53. The van der Waals surface area contributed by atoms with Crippen molar-refractivity contribution < 1.29 is 0 Å². The van der Waals surface area contributed by atoms with E-state index in [9.17, 15) is 0 Å². The smallest absolute Gasteiger partial charge is 0.0945 e. The molecule has 1 saturated heterocycles. The number of aryl methyl sites for hydroxylation is 1. The molecule has 1 atom stereocenters. The summed E-state index contributed by atoms with van der Waals surface area (Å²) in [5, 5.41) is 3.85. The monoisotopic (exact) mass is 292 g/mol. The third-order valence-corrected chi connectivity index (χ3v) is 5.62. The van der Waals surface area contributed by atoms with E-state index in [-0.39, 0.29) is 0 Å². The van der Waals surface area contributed by atoms with Crippen LogP contribution in [-0.4, -0.2) is 45.2 Å². The van der Waals surface area contributed by atoms with Crippen LogP contribution in [0, 0.1) is 0 Å². The topological polar surface area (TPSA) is 33.1 Å². The number of rotatable bonds is 7. The average molecular weight is 292 g/mol. The lowest BCUT2D eigenvalue weighted by atomic mass is 9.83. The van der Waals surface area contributed by atoms with Crippen molar-refractivity contribution in [1.82, 2.24) is 19.8 Å². The van der Waals surface area contributed by atoms with E-state index in [4.69, 9.17) is 0 Å². The minimum absolute atomic E-state index is 0.294. The molecule has 1 aliphatic heterocycles. The van der Waals surface area contributed by atoms with Gasteiger partial charge in [-0.2, -0.15) is 0 Å². The first kappa shape index (κ1) is 16.5. The highest BCUT2D eigenvalue weighted by Crippen LogP contribution is 2.30. The standard InChI is InChI=1S/C17H32N4/c1-5-16(4)13-19-17(6-2,7-3)14-21(16)11-8-10-20-12-9-18-15-20/h9,12,15,19H,5-8,10-11,13-14H2,1-4H3. The van der Waals surface area contributed by atoms with Crippen molar-refractivity contribution in [2.45, 2.75) is 71.0 Å². The van der Waals surface area contributed by atoms with Gasteiger partial charge in [-0.05, 0) is 32.6 Å². The summed E-state index contributed by atoms with van der Waals surface area (Å²) in [6.07, 6.45) is 10.6. The highest BCUT2D eigenvalue weighted by molar-refractivity contribution is 5.02. The van der Waals surface area contributed by atoms with Gasteiger partial charge in [0.25, 0.3) is 0 Å². The van der Waals surface area contributed by atoms with Gasteiger partial charge in [0.15, 0.2) is 0 Å². The first-order chi connectivity index (χ1) is 10.1. The normalized spacial score (nSPS) is 26.1. The van der Waals surface area contributed by atoms with Crippen LogP contribution in [0.15, 0.2) is 18.7 Å². The van der Waals surface area contributed by atoms with Crippen LogP contribution < -0.4 is 5.32 Å². The lowest BCUT2D eigenvalue weighted by Crippen LogP contribution is -2.68. The molecule has 0 bridgehead atoms. The van der Waals surface area contributed by atoms with Gasteiger partial charge in [0, 0.05) is 49.7 Å². The van der Waals surface area contributed by atoms with Crippen LogP contribution in [0.5, 0.6) is 0 Å². The Hall–Kier alpha value is -0.870. The number of nitrogens with zero attached hydrogens (tertiary/aromatic N) is 3. The molecule has 4 heteroatoms. The fourth-order valence-corrected chi connectivity index (χ4v) is 3.39. The molecule has 21 heavy (non-hydrogen) atoms. The van der Waals surface area contributed by atoms with E-state index < -0.39 is 0 Å². The average Bonchev–Trinajstić information content (AvgIpc) is 3.03. The van der Waals surface area contributed by atoms with E-state index in [2.05, 4.69) is 53.7 Å². The number of hydrogen-bond acceptors (Lipinski definition) is 3. The van der Waals surface area contributed by atoms with Crippen molar-refractivity contribution in [1.29, 1.82) is 0 Å². The predicted molar refractivity (Wildman–Crippen MR) is 88.4 cm³/mol. The van der Waals surface area contributed by atoms with Crippen molar-refractivity contribution >= 4 is 0 Å². The number of hydrogen-bond donors (Lipinski definition) is 1. The van der Waals surface area contributed by atoms with Gasteiger partial charge in [0.05, 0.1) is 6.33 Å². The molecule has 0 radical (unpaired) electrons. The van der Waals surface area contributed by atoms with E-state index in [1.54, 1.807) is 0 Å². The molecule has 1 aromatic heterocycles. The van der Waals surface area contributed by atoms with Gasteiger partial charge in [-0.15, -0.1) is 0 Å². The second-order valence-electron chi connectivity index (χ2n) is 6.77. The van der Waals surface area contributed by atoms with Crippen molar-refractivity contribution in [3.05, 3.63) is 18.7 Å². The maximum atomic E-state index is 4.12. The molecule has 0 saturated carbocycles. The highest BCUT2D eigenvalue weighted by Gasteiger charge is 2.41. The number of piperazine rings is 1. The minimum Gasteiger partial charge on any atom is -0.337 e. The molecule has 2 rings (SSSR count). The summed E-state index contributed by atoms with van der Waals surface area (Å²) in [6.45, 7) is 13.9. The number of imidazole rings is 1. The Labute approximate surface area is 129 Å². The Balaban J connectivity index is 1.97. The Morgan fingerprint density at radius 3 is 2.48 bits per heavy atom. The third-order valence-electron chi connectivity index (χ3n) is 5.62. The molecule has 4 nitrogen and oxygen atoms in total. The molecule has 1 fully saturated rings. The van der Waals surface area contributed by atoms with Gasteiger partial charge in [-0.25, -0.2) is 4.98 Å². The number of aromatic nitrogens is 2. The molecule has 1 aliphatic rings. The van der Waals surface area contributed by atoms with Gasteiger partial charge in [0.1, 0.15) is 0 Å². The van der Waals surface area contributed by atoms with E-state index in [0.29, 0.717) is 11.1 Å². The molecule has 0 amide bonds. The second-order valence-corrected chi connectivity index (χ2v) is 6.77. The zero-order valence-electron chi connectivity index (χ0n) is 14.2. The van der Waals surface area contributed by atoms with Gasteiger partial charge in [0.2, 0.25) is 0 Å². The Morgan fingerprint density at radius 2 is 1.90 bits per heavy atom. The fraction of sp³-hybridized carbons (Fsp3) is 0.824. The van der Waals surface area contributed by atoms with E-state index in [0.717, 1.165) is 13.1 Å². The zero-order chi connectivity index (χ0) is 15.3. The van der Waals surface area contributed by atoms with Crippen LogP contribution in [0.2, 0.25) is 0 Å². The van der Waals surface area contributed by atoms with Crippen LogP contribution in [0.4, 0.5) is 0 Å². The maximum absolute atomic E-state index is 4.12. The molecule has 0 spiro atoms. The number of nitrogens with one attached hydrogen (secondary N) is 1. The fourth-order valence-electron chi connectivity index (χ4n) is 3.39. The summed E-state index contributed by atoms with van der Waals surface area (Å²) in [5.74, 6) is 0. The van der Waals surface area contributed by atoms with Crippen LogP contribution in [-0.2, 0) is 6.54 Å². The van der Waals surface area contributed by atoms with E-state index >= 15 is 0 Å². The summed E-state index contributed by atoms with van der Waals surface area (Å²) < 4.78 is 2.18. The molecule has 2 heterocycles. The molecule has 1 unspecified atom stereocenters. The lowest BCUT2D eigenvalue weighted by Gasteiger charge is -2.53. The van der Waals surface area contributed by atoms with Crippen molar-refractivity contribution in [2.75, 3.05) is 19.6 Å². The summed E-state index contributed by atoms with van der Waals surface area (Å²) in [7, 11) is 0. The molecule has 120 valence electrons. The zero-order valence-corrected chi connectivity index (χ0v) is 14.2. The second kappa shape index (κ2) is 6.93. The predicted octanol–water partition coefficient (Wildman–Crippen LogP) is 2.91. The van der Waals surface area contributed by atoms with Gasteiger partial charge >= 0.3 is 0 Å². The summed E-state index contributed by atoms with van der Waals surface area (Å²) >= 11 is 0. The first-order valence-corrected chi connectivity index (χ1v) is 8.53. The SMILES string of the molecule is CCC1(CC)CN(CCCn2ccnc2)C(C)(CC)CN1. The maximum Gasteiger partial charge on any atom is 0.0945 e. The van der Waals surface area contributed by atoms with E-state index in [1.165, 1.54) is 38.8 Å². The van der Waals surface area contributed by atoms with Crippen LogP contribution in [0.25, 0.3) is 0 Å². The van der Waals surface area contributed by atoms with Gasteiger partial charge in [-0.3, -0.25) is 4.90 Å². The van der Waals surface area contributed by atoms with Crippen LogP contribution in [0.1, 0.15) is 53.4 Å². The van der Waals surface area contributed by atoms with Crippen molar-refractivity contribution in [3.63, 3.8) is 0 Å². The van der Waals surface area contributed by atoms with E-state index in [1.807, 2.05) is 12.5 Å². The quantitative estimate of drug-likeness (QED) is 0.839.